The molecule has 0 aromatic heterocycles. The molecule has 1 heterocycles. The fourth-order valence-electron chi connectivity index (χ4n) is 2.57. The number of rotatable bonds is 4. The lowest BCUT2D eigenvalue weighted by Gasteiger charge is -2.37. The monoisotopic (exact) mass is 280 g/mol. The SMILES string of the molecule is Cc1ccc(C(CC(=O)O)N2CCN(C)CC2)cc1F. The van der Waals surface area contributed by atoms with Crippen LogP contribution < -0.4 is 0 Å². The van der Waals surface area contributed by atoms with Gasteiger partial charge in [-0.25, -0.2) is 4.39 Å². The van der Waals surface area contributed by atoms with Crippen molar-refractivity contribution in [2.24, 2.45) is 0 Å². The number of hydrogen-bond donors (Lipinski definition) is 1. The number of piperazine rings is 1. The van der Waals surface area contributed by atoms with Crippen molar-refractivity contribution in [1.29, 1.82) is 0 Å². The average molecular weight is 280 g/mol. The van der Waals surface area contributed by atoms with Gasteiger partial charge >= 0.3 is 5.97 Å². The lowest BCUT2D eigenvalue weighted by Crippen LogP contribution is -2.46. The Kier molecular flexibility index (Phi) is 4.73. The van der Waals surface area contributed by atoms with E-state index in [1.54, 1.807) is 13.0 Å². The molecular weight excluding hydrogens is 259 g/mol. The van der Waals surface area contributed by atoms with E-state index in [1.165, 1.54) is 6.07 Å². The first-order chi connectivity index (χ1) is 9.47. The van der Waals surface area contributed by atoms with E-state index in [-0.39, 0.29) is 18.3 Å². The molecule has 1 aliphatic heterocycles. The summed E-state index contributed by atoms with van der Waals surface area (Å²) in [5.74, 6) is -1.12. The van der Waals surface area contributed by atoms with Crippen LogP contribution in [0.5, 0.6) is 0 Å². The molecule has 0 aliphatic carbocycles. The number of nitrogens with zero attached hydrogens (tertiary/aromatic N) is 2. The Morgan fingerprint density at radius 2 is 2.00 bits per heavy atom. The molecule has 0 spiro atoms. The van der Waals surface area contributed by atoms with Gasteiger partial charge in [0.05, 0.1) is 6.42 Å². The fraction of sp³-hybridized carbons (Fsp3) is 0.533. The van der Waals surface area contributed by atoms with E-state index in [9.17, 15) is 9.18 Å². The second kappa shape index (κ2) is 6.33. The molecular formula is C15H21FN2O2. The molecule has 0 bridgehead atoms. The van der Waals surface area contributed by atoms with Gasteiger partial charge in [0.2, 0.25) is 0 Å². The van der Waals surface area contributed by atoms with Crippen molar-refractivity contribution in [3.05, 3.63) is 35.1 Å². The predicted molar refractivity (Wildman–Crippen MR) is 75.2 cm³/mol. The van der Waals surface area contributed by atoms with Gasteiger partial charge in [0.15, 0.2) is 0 Å². The molecule has 1 atom stereocenters. The molecule has 0 saturated carbocycles. The van der Waals surface area contributed by atoms with Crippen molar-refractivity contribution in [3.8, 4) is 0 Å². The van der Waals surface area contributed by atoms with Crippen LogP contribution in [0.3, 0.4) is 0 Å². The van der Waals surface area contributed by atoms with Crippen LogP contribution in [0.1, 0.15) is 23.6 Å². The highest BCUT2D eigenvalue weighted by Gasteiger charge is 2.26. The zero-order valence-corrected chi connectivity index (χ0v) is 12.0. The molecule has 1 unspecified atom stereocenters. The van der Waals surface area contributed by atoms with Crippen LogP contribution in [-0.2, 0) is 4.79 Å². The largest absolute Gasteiger partial charge is 0.481 e. The molecule has 0 amide bonds. The van der Waals surface area contributed by atoms with Crippen molar-refractivity contribution in [1.82, 2.24) is 9.80 Å². The first-order valence-corrected chi connectivity index (χ1v) is 6.88. The summed E-state index contributed by atoms with van der Waals surface area (Å²) in [6, 6.07) is 4.78. The Hall–Kier alpha value is -1.46. The number of carboxylic acids is 1. The van der Waals surface area contributed by atoms with Gasteiger partial charge in [0.1, 0.15) is 5.82 Å². The third-order valence-corrected chi connectivity index (χ3v) is 3.93. The topological polar surface area (TPSA) is 43.8 Å². The van der Waals surface area contributed by atoms with Crippen LogP contribution in [-0.4, -0.2) is 54.1 Å². The summed E-state index contributed by atoms with van der Waals surface area (Å²) < 4.78 is 13.7. The number of hydrogen-bond acceptors (Lipinski definition) is 3. The number of aliphatic carboxylic acids is 1. The molecule has 5 heteroatoms. The minimum Gasteiger partial charge on any atom is -0.481 e. The number of carbonyl (C=O) groups is 1. The molecule has 20 heavy (non-hydrogen) atoms. The molecule has 1 aromatic rings. The lowest BCUT2D eigenvalue weighted by molar-refractivity contribution is -0.138. The van der Waals surface area contributed by atoms with E-state index in [1.807, 2.05) is 6.07 Å². The van der Waals surface area contributed by atoms with E-state index in [4.69, 9.17) is 5.11 Å². The lowest BCUT2D eigenvalue weighted by atomic mass is 9.99. The Morgan fingerprint density at radius 3 is 2.55 bits per heavy atom. The fourth-order valence-corrected chi connectivity index (χ4v) is 2.57. The molecule has 1 aliphatic rings. The Balaban J connectivity index is 2.22. The third-order valence-electron chi connectivity index (χ3n) is 3.93. The second-order valence-corrected chi connectivity index (χ2v) is 5.46. The minimum absolute atomic E-state index is 0.00617. The van der Waals surface area contributed by atoms with Gasteiger partial charge in [-0.05, 0) is 31.2 Å². The van der Waals surface area contributed by atoms with E-state index >= 15 is 0 Å². The van der Waals surface area contributed by atoms with Crippen molar-refractivity contribution < 1.29 is 14.3 Å². The molecule has 1 N–H and O–H groups in total. The van der Waals surface area contributed by atoms with Crippen molar-refractivity contribution in [2.75, 3.05) is 33.2 Å². The highest BCUT2D eigenvalue weighted by Crippen LogP contribution is 2.27. The smallest absolute Gasteiger partial charge is 0.305 e. The second-order valence-electron chi connectivity index (χ2n) is 5.46. The normalized spacial score (nSPS) is 18.9. The molecule has 0 radical (unpaired) electrons. The summed E-state index contributed by atoms with van der Waals surface area (Å²) in [6.45, 7) is 5.14. The number of carboxylic acid groups (broad SMARTS) is 1. The van der Waals surface area contributed by atoms with Crippen molar-refractivity contribution in [3.63, 3.8) is 0 Å². The zero-order chi connectivity index (χ0) is 14.7. The molecule has 1 aromatic carbocycles. The van der Waals surface area contributed by atoms with Crippen molar-refractivity contribution >= 4 is 5.97 Å². The Morgan fingerprint density at radius 1 is 1.35 bits per heavy atom. The van der Waals surface area contributed by atoms with Gasteiger partial charge in [-0.15, -0.1) is 0 Å². The molecule has 110 valence electrons. The summed E-state index contributed by atoms with van der Waals surface area (Å²) in [5, 5.41) is 9.12. The summed E-state index contributed by atoms with van der Waals surface area (Å²) in [6.07, 6.45) is 0.00617. The number of benzene rings is 1. The number of aryl methyl sites for hydroxylation is 1. The third kappa shape index (κ3) is 3.55. The van der Waals surface area contributed by atoms with E-state index in [0.717, 1.165) is 31.7 Å². The predicted octanol–water partition coefficient (Wildman–Crippen LogP) is 1.90. The highest BCUT2D eigenvalue weighted by molar-refractivity contribution is 5.68. The van der Waals surface area contributed by atoms with Crippen LogP contribution in [0.25, 0.3) is 0 Å². The van der Waals surface area contributed by atoms with E-state index in [2.05, 4.69) is 16.8 Å². The van der Waals surface area contributed by atoms with Crippen LogP contribution in [0, 0.1) is 12.7 Å². The number of likely N-dealkylation sites (N-methyl/N-ethyl adjacent to an activating group) is 1. The van der Waals surface area contributed by atoms with Crippen LogP contribution in [0.15, 0.2) is 18.2 Å². The first-order valence-electron chi connectivity index (χ1n) is 6.88. The summed E-state index contributed by atoms with van der Waals surface area (Å²) in [4.78, 5) is 15.5. The van der Waals surface area contributed by atoms with Crippen LogP contribution >= 0.6 is 0 Å². The quantitative estimate of drug-likeness (QED) is 0.915. The molecule has 1 saturated heterocycles. The maximum absolute atomic E-state index is 13.7. The van der Waals surface area contributed by atoms with Gasteiger partial charge in [0.25, 0.3) is 0 Å². The molecule has 1 fully saturated rings. The van der Waals surface area contributed by atoms with Gasteiger partial charge in [-0.2, -0.15) is 0 Å². The maximum atomic E-state index is 13.7. The Bertz CT molecular complexity index is 485. The van der Waals surface area contributed by atoms with Crippen LogP contribution in [0.2, 0.25) is 0 Å². The Labute approximate surface area is 118 Å². The van der Waals surface area contributed by atoms with Crippen LogP contribution in [0.4, 0.5) is 4.39 Å². The first kappa shape index (κ1) is 14.9. The van der Waals surface area contributed by atoms with Gasteiger partial charge in [-0.3, -0.25) is 9.69 Å². The van der Waals surface area contributed by atoms with Gasteiger partial charge < -0.3 is 10.0 Å². The molecule has 2 rings (SSSR count). The van der Waals surface area contributed by atoms with Gasteiger partial charge in [0, 0.05) is 32.2 Å². The standard InChI is InChI=1S/C15H21FN2O2/c1-11-3-4-12(9-13(11)16)14(10-15(19)20)18-7-5-17(2)6-8-18/h3-4,9,14H,5-8,10H2,1-2H3,(H,19,20). The van der Waals surface area contributed by atoms with Gasteiger partial charge in [-0.1, -0.05) is 12.1 Å². The summed E-state index contributed by atoms with van der Waals surface area (Å²) in [7, 11) is 2.05. The van der Waals surface area contributed by atoms with E-state index in [0.29, 0.717) is 5.56 Å². The summed E-state index contributed by atoms with van der Waals surface area (Å²) >= 11 is 0. The summed E-state index contributed by atoms with van der Waals surface area (Å²) in [5.41, 5.74) is 1.33. The zero-order valence-electron chi connectivity index (χ0n) is 12.0. The number of halogens is 1. The average Bonchev–Trinajstić information content (AvgIpc) is 2.40. The molecule has 4 nitrogen and oxygen atoms in total. The maximum Gasteiger partial charge on any atom is 0.305 e. The minimum atomic E-state index is -0.852. The highest BCUT2D eigenvalue weighted by atomic mass is 19.1. The van der Waals surface area contributed by atoms with Crippen molar-refractivity contribution in [2.45, 2.75) is 19.4 Å². The van der Waals surface area contributed by atoms with E-state index < -0.39 is 5.97 Å².